The fraction of sp³-hybridized carbons (Fsp3) is 0.500. The van der Waals surface area contributed by atoms with Gasteiger partial charge in [0.2, 0.25) is 0 Å². The van der Waals surface area contributed by atoms with Crippen LogP contribution in [0.15, 0.2) is 24.3 Å². The number of aliphatic hydroxyl groups excluding tert-OH is 1. The van der Waals surface area contributed by atoms with Gasteiger partial charge in [0.25, 0.3) is 0 Å². The van der Waals surface area contributed by atoms with E-state index in [0.29, 0.717) is 11.7 Å². The summed E-state index contributed by atoms with van der Waals surface area (Å²) in [6.07, 6.45) is 6.20. The molecular formula is C16H18O3. The molecule has 1 heterocycles. The molecule has 2 aliphatic carbocycles. The van der Waals surface area contributed by atoms with Crippen LogP contribution in [0.3, 0.4) is 0 Å². The van der Waals surface area contributed by atoms with E-state index in [0.717, 1.165) is 24.8 Å². The van der Waals surface area contributed by atoms with E-state index in [1.54, 1.807) is 6.07 Å². The maximum Gasteiger partial charge on any atom is 0.165 e. The number of aliphatic hydroxyl groups is 1. The smallest absolute Gasteiger partial charge is 0.165 e. The van der Waals surface area contributed by atoms with Crippen molar-refractivity contribution < 1.29 is 14.9 Å². The molecule has 0 spiro atoms. The largest absolute Gasteiger partial charge is 0.504 e. The van der Waals surface area contributed by atoms with E-state index in [9.17, 15) is 10.2 Å². The third kappa shape index (κ3) is 1.17. The summed E-state index contributed by atoms with van der Waals surface area (Å²) in [5, 5.41) is 20.4. The van der Waals surface area contributed by atoms with E-state index >= 15 is 0 Å². The molecule has 100 valence electrons. The zero-order valence-corrected chi connectivity index (χ0v) is 11.0. The zero-order chi connectivity index (χ0) is 13.2. The number of rotatable bonds is 1. The Morgan fingerprint density at radius 3 is 3.00 bits per heavy atom. The summed E-state index contributed by atoms with van der Waals surface area (Å²) >= 11 is 0. The van der Waals surface area contributed by atoms with Crippen molar-refractivity contribution in [3.63, 3.8) is 0 Å². The van der Waals surface area contributed by atoms with Crippen LogP contribution in [0.1, 0.15) is 30.9 Å². The normalized spacial score (nSPS) is 37.9. The molecule has 0 amide bonds. The van der Waals surface area contributed by atoms with E-state index in [4.69, 9.17) is 4.74 Å². The fourth-order valence-corrected chi connectivity index (χ4v) is 4.42. The van der Waals surface area contributed by atoms with Gasteiger partial charge in [0.1, 0.15) is 12.2 Å². The second-order valence-corrected chi connectivity index (χ2v) is 5.90. The number of aromatic hydroxyl groups is 1. The Bertz CT molecular complexity index is 578. The van der Waals surface area contributed by atoms with Crippen molar-refractivity contribution in [2.45, 2.75) is 43.8 Å². The first-order valence-electron chi connectivity index (χ1n) is 7.07. The lowest BCUT2D eigenvalue weighted by atomic mass is 9.57. The first-order valence-corrected chi connectivity index (χ1v) is 7.07. The average Bonchev–Trinajstić information content (AvgIpc) is 2.80. The summed E-state index contributed by atoms with van der Waals surface area (Å²) < 4.78 is 5.99. The highest BCUT2D eigenvalue weighted by molar-refractivity contribution is 5.60. The summed E-state index contributed by atoms with van der Waals surface area (Å²) in [7, 11) is 0. The van der Waals surface area contributed by atoms with Gasteiger partial charge in [-0.25, -0.2) is 0 Å². The predicted octanol–water partition coefficient (Wildman–Crippen LogP) is 2.29. The zero-order valence-electron chi connectivity index (χ0n) is 11.0. The summed E-state index contributed by atoms with van der Waals surface area (Å²) in [6.45, 7) is 2.16. The van der Waals surface area contributed by atoms with Crippen molar-refractivity contribution in [1.29, 1.82) is 0 Å². The minimum Gasteiger partial charge on any atom is -0.504 e. The maximum atomic E-state index is 10.3. The molecule has 3 heteroatoms. The fourth-order valence-electron chi connectivity index (χ4n) is 4.42. The van der Waals surface area contributed by atoms with E-state index in [1.807, 2.05) is 12.1 Å². The molecule has 2 N–H and O–H groups in total. The van der Waals surface area contributed by atoms with Gasteiger partial charge in [0.05, 0.1) is 0 Å². The number of hydrogen-bond acceptors (Lipinski definition) is 3. The number of allylic oxidation sites excluding steroid dienone is 1. The van der Waals surface area contributed by atoms with Crippen molar-refractivity contribution >= 4 is 0 Å². The van der Waals surface area contributed by atoms with Crippen LogP contribution in [0.25, 0.3) is 0 Å². The Balaban J connectivity index is 2.04. The van der Waals surface area contributed by atoms with Crippen LogP contribution in [-0.2, 0) is 11.8 Å². The van der Waals surface area contributed by atoms with Crippen LogP contribution in [0.5, 0.6) is 11.5 Å². The summed E-state index contributed by atoms with van der Waals surface area (Å²) in [5.74, 6) is 1.21. The third-order valence-corrected chi connectivity index (χ3v) is 5.26. The van der Waals surface area contributed by atoms with Crippen molar-refractivity contribution in [3.05, 3.63) is 35.4 Å². The number of ether oxygens (including phenoxy) is 1. The number of aryl methyl sites for hydroxylation is 1. The van der Waals surface area contributed by atoms with Crippen LogP contribution in [-0.4, -0.2) is 22.4 Å². The first-order chi connectivity index (χ1) is 9.18. The molecule has 4 rings (SSSR count). The van der Waals surface area contributed by atoms with Crippen LogP contribution >= 0.6 is 0 Å². The summed E-state index contributed by atoms with van der Waals surface area (Å²) in [5.41, 5.74) is 2.27. The highest BCUT2D eigenvalue weighted by atomic mass is 16.5. The van der Waals surface area contributed by atoms with Gasteiger partial charge < -0.3 is 14.9 Å². The molecule has 0 fully saturated rings. The van der Waals surface area contributed by atoms with Gasteiger partial charge in [-0.3, -0.25) is 0 Å². The van der Waals surface area contributed by atoms with Crippen LogP contribution < -0.4 is 4.74 Å². The highest BCUT2D eigenvalue weighted by Gasteiger charge is 2.58. The Morgan fingerprint density at radius 1 is 1.37 bits per heavy atom. The Kier molecular flexibility index (Phi) is 2.12. The van der Waals surface area contributed by atoms with Gasteiger partial charge in [0.15, 0.2) is 11.5 Å². The molecule has 19 heavy (non-hydrogen) atoms. The third-order valence-electron chi connectivity index (χ3n) is 5.26. The quantitative estimate of drug-likeness (QED) is 0.760. The maximum absolute atomic E-state index is 10.3. The minimum atomic E-state index is -0.589. The molecule has 1 aliphatic heterocycles. The van der Waals surface area contributed by atoms with Gasteiger partial charge in [-0.05, 0) is 36.8 Å². The van der Waals surface area contributed by atoms with Crippen LogP contribution in [0, 0.1) is 5.92 Å². The molecule has 4 atom stereocenters. The Labute approximate surface area is 112 Å². The second kappa shape index (κ2) is 3.54. The first kappa shape index (κ1) is 11.4. The minimum absolute atomic E-state index is 0.157. The van der Waals surface area contributed by atoms with Crippen molar-refractivity contribution in [2.75, 3.05) is 0 Å². The lowest BCUT2D eigenvalue weighted by Crippen LogP contribution is -2.53. The van der Waals surface area contributed by atoms with Gasteiger partial charge in [0, 0.05) is 11.0 Å². The van der Waals surface area contributed by atoms with Crippen molar-refractivity contribution in [2.24, 2.45) is 5.92 Å². The molecule has 3 nitrogen and oxygen atoms in total. The molecular weight excluding hydrogens is 240 g/mol. The molecule has 1 aromatic carbocycles. The van der Waals surface area contributed by atoms with E-state index in [-0.39, 0.29) is 17.3 Å². The predicted molar refractivity (Wildman–Crippen MR) is 71.4 cm³/mol. The molecule has 1 unspecified atom stereocenters. The number of benzene rings is 1. The van der Waals surface area contributed by atoms with Crippen LogP contribution in [0.2, 0.25) is 0 Å². The Morgan fingerprint density at radius 2 is 2.21 bits per heavy atom. The van der Waals surface area contributed by atoms with Gasteiger partial charge >= 0.3 is 0 Å². The van der Waals surface area contributed by atoms with Crippen molar-refractivity contribution in [1.82, 2.24) is 0 Å². The molecule has 3 aliphatic rings. The lowest BCUT2D eigenvalue weighted by molar-refractivity contribution is 0.00109. The monoisotopic (exact) mass is 258 g/mol. The SMILES string of the molecule is CC[C@]12c3c4ccc(O)c3O[C@H]1[C@@H](O)C=CC2CC4. The van der Waals surface area contributed by atoms with Crippen LogP contribution in [0.4, 0.5) is 0 Å². The van der Waals surface area contributed by atoms with E-state index in [2.05, 4.69) is 13.0 Å². The topological polar surface area (TPSA) is 49.7 Å². The van der Waals surface area contributed by atoms with Crippen molar-refractivity contribution in [3.8, 4) is 11.5 Å². The molecule has 0 aromatic heterocycles. The lowest BCUT2D eigenvalue weighted by Gasteiger charge is -2.46. The number of hydrogen-bond donors (Lipinski definition) is 2. The molecule has 1 aromatic rings. The van der Waals surface area contributed by atoms with E-state index < -0.39 is 6.10 Å². The van der Waals surface area contributed by atoms with E-state index in [1.165, 1.54) is 5.56 Å². The Hall–Kier alpha value is -1.48. The molecule has 0 saturated carbocycles. The van der Waals surface area contributed by atoms with Gasteiger partial charge in [-0.15, -0.1) is 0 Å². The van der Waals surface area contributed by atoms with Gasteiger partial charge in [-0.2, -0.15) is 0 Å². The summed E-state index contributed by atoms with van der Waals surface area (Å²) in [6, 6.07) is 3.73. The summed E-state index contributed by atoms with van der Waals surface area (Å²) in [4.78, 5) is 0. The highest BCUT2D eigenvalue weighted by Crippen LogP contribution is 2.60. The number of phenolic OH excluding ortho intramolecular Hbond substituents is 1. The molecule has 0 bridgehead atoms. The number of phenols is 1. The van der Waals surface area contributed by atoms with Gasteiger partial charge in [-0.1, -0.05) is 25.1 Å². The standard InChI is InChI=1S/C16H18O3/c1-2-16-10-5-3-9-4-7-11(17)14(13(9)16)19-15(16)12(18)8-6-10/h4,6-8,10,12,15,17-18H,2-3,5H2,1H3/t10?,12-,15-,16-/m0/s1. The average molecular weight is 258 g/mol. The molecule has 0 radical (unpaired) electrons. The second-order valence-electron chi connectivity index (χ2n) is 5.90. The molecule has 0 saturated heterocycles.